The van der Waals surface area contributed by atoms with E-state index in [2.05, 4.69) is 54.3 Å². The fourth-order valence-corrected chi connectivity index (χ4v) is 4.86. The first-order valence-electron chi connectivity index (χ1n) is 10.1. The van der Waals surface area contributed by atoms with Crippen LogP contribution in [0.5, 0.6) is 17.2 Å². The molecule has 0 radical (unpaired) electrons. The number of benzene rings is 1. The van der Waals surface area contributed by atoms with Crippen LogP contribution in [-0.4, -0.2) is 50.4 Å². The largest absolute Gasteiger partial charge is 0.492 e. The minimum Gasteiger partial charge on any atom is -0.492 e. The molecule has 2 unspecified atom stereocenters. The minimum absolute atomic E-state index is 0.175. The summed E-state index contributed by atoms with van der Waals surface area (Å²) in [6, 6.07) is 2.49. The zero-order valence-electron chi connectivity index (χ0n) is 17.1. The summed E-state index contributed by atoms with van der Waals surface area (Å²) in [4.78, 5) is 4.72. The quantitative estimate of drug-likeness (QED) is 0.852. The van der Waals surface area contributed by atoms with E-state index >= 15 is 0 Å². The van der Waals surface area contributed by atoms with Crippen LogP contribution in [0.15, 0.2) is 53.4 Å². The van der Waals surface area contributed by atoms with Gasteiger partial charge in [-0.1, -0.05) is 24.3 Å². The smallest absolute Gasteiger partial charge is 0.231 e. The van der Waals surface area contributed by atoms with Gasteiger partial charge in [0.05, 0.1) is 13.2 Å². The monoisotopic (exact) mass is 393 g/mol. The maximum atomic E-state index is 6.42. The molecule has 1 aromatic carbocycles. The summed E-state index contributed by atoms with van der Waals surface area (Å²) in [7, 11) is 6.03. The summed E-state index contributed by atoms with van der Waals surface area (Å²) >= 11 is 0. The lowest BCUT2D eigenvalue weighted by Crippen LogP contribution is -2.39. The van der Waals surface area contributed by atoms with E-state index in [1.165, 1.54) is 16.8 Å². The first-order chi connectivity index (χ1) is 14.1. The maximum Gasteiger partial charge on any atom is 0.231 e. The van der Waals surface area contributed by atoms with Crippen molar-refractivity contribution in [1.82, 2.24) is 9.80 Å². The molecule has 3 aliphatic heterocycles. The van der Waals surface area contributed by atoms with Gasteiger partial charge in [-0.25, -0.2) is 0 Å². The Morgan fingerprint density at radius 1 is 1.24 bits per heavy atom. The molecule has 5 rings (SSSR count). The van der Waals surface area contributed by atoms with Crippen LogP contribution < -0.4 is 19.9 Å². The van der Waals surface area contributed by atoms with Crippen LogP contribution in [0, 0.1) is 0 Å². The molecule has 1 aliphatic carbocycles. The van der Waals surface area contributed by atoms with Gasteiger partial charge in [0.15, 0.2) is 11.5 Å². The van der Waals surface area contributed by atoms with E-state index in [9.17, 15) is 0 Å². The van der Waals surface area contributed by atoms with Gasteiger partial charge in [-0.3, -0.25) is 4.90 Å². The zero-order chi connectivity index (χ0) is 20.1. The summed E-state index contributed by atoms with van der Waals surface area (Å²) in [5.74, 6) is 2.31. The highest BCUT2D eigenvalue weighted by Gasteiger charge is 2.36. The Labute approximate surface area is 171 Å². The van der Waals surface area contributed by atoms with Gasteiger partial charge in [0.2, 0.25) is 12.5 Å². The molecule has 2 N–H and O–H groups in total. The van der Waals surface area contributed by atoms with Gasteiger partial charge in [0.25, 0.3) is 0 Å². The van der Waals surface area contributed by atoms with E-state index in [0.717, 1.165) is 47.9 Å². The summed E-state index contributed by atoms with van der Waals surface area (Å²) in [6.45, 7) is 1.23. The second-order valence-electron chi connectivity index (χ2n) is 8.01. The molecule has 0 saturated heterocycles. The Morgan fingerprint density at radius 2 is 2.10 bits per heavy atom. The molecule has 4 aliphatic rings. The van der Waals surface area contributed by atoms with Gasteiger partial charge < -0.3 is 24.8 Å². The Morgan fingerprint density at radius 3 is 2.93 bits per heavy atom. The fourth-order valence-electron chi connectivity index (χ4n) is 4.86. The molecule has 0 saturated carbocycles. The average Bonchev–Trinajstić information content (AvgIpc) is 3.20. The number of allylic oxidation sites excluding steroid dienone is 3. The van der Waals surface area contributed by atoms with Crippen molar-refractivity contribution in [2.75, 3.05) is 34.5 Å². The number of likely N-dealkylation sites (N-methyl/N-ethyl adjacent to an activating group) is 2. The Bertz CT molecular complexity index is 976. The highest BCUT2D eigenvalue weighted by molar-refractivity contribution is 5.62. The molecule has 0 bridgehead atoms. The highest BCUT2D eigenvalue weighted by atomic mass is 16.7. The molecule has 1 aromatic rings. The summed E-state index contributed by atoms with van der Waals surface area (Å²) < 4.78 is 17.2. The standard InChI is InChI=1S/C23H27N3O3/c1-25-9-8-14-10-20-22(29-13-28-20)23(27-3)21(14)19(25)12-15-11-17(24)16-6-4-5-7-18(16)26(15)2/h4-7,10-11,18-19H,8-9,12-13,24H2,1-3H3. The molecule has 3 heterocycles. The van der Waals surface area contributed by atoms with Gasteiger partial charge in [-0.15, -0.1) is 0 Å². The lowest BCUT2D eigenvalue weighted by Gasteiger charge is -2.41. The number of fused-ring (bicyclic) bond motifs is 3. The van der Waals surface area contributed by atoms with Gasteiger partial charge in [-0.05, 0) is 31.2 Å². The third-order valence-corrected chi connectivity index (χ3v) is 6.47. The number of hydrogen-bond donors (Lipinski definition) is 1. The number of nitrogens with zero attached hydrogens (tertiary/aromatic N) is 2. The molecule has 6 nitrogen and oxygen atoms in total. The van der Waals surface area contributed by atoms with E-state index in [1.807, 2.05) is 6.08 Å². The maximum absolute atomic E-state index is 6.42. The van der Waals surface area contributed by atoms with Gasteiger partial charge >= 0.3 is 0 Å². The first kappa shape index (κ1) is 18.2. The van der Waals surface area contributed by atoms with Gasteiger partial charge in [-0.2, -0.15) is 0 Å². The van der Waals surface area contributed by atoms with E-state index in [4.69, 9.17) is 19.9 Å². The van der Waals surface area contributed by atoms with Crippen LogP contribution in [0.2, 0.25) is 0 Å². The van der Waals surface area contributed by atoms with Crippen LogP contribution in [-0.2, 0) is 6.42 Å². The van der Waals surface area contributed by atoms with Crippen molar-refractivity contribution in [3.05, 3.63) is 64.5 Å². The van der Waals surface area contributed by atoms with Crippen molar-refractivity contribution in [3.63, 3.8) is 0 Å². The van der Waals surface area contributed by atoms with Gasteiger partial charge in [0.1, 0.15) is 0 Å². The molecule has 29 heavy (non-hydrogen) atoms. The molecule has 0 spiro atoms. The average molecular weight is 393 g/mol. The van der Waals surface area contributed by atoms with E-state index < -0.39 is 0 Å². The summed E-state index contributed by atoms with van der Waals surface area (Å²) in [5, 5.41) is 0. The fraction of sp³-hybridized carbons (Fsp3) is 0.391. The van der Waals surface area contributed by atoms with Crippen LogP contribution in [0.25, 0.3) is 0 Å². The third kappa shape index (κ3) is 2.82. The lowest BCUT2D eigenvalue weighted by atomic mass is 9.86. The normalized spacial score (nSPS) is 25.1. The SMILES string of the molecule is COc1c2c(cc3c1C(CC1=CC(N)=C4C=CC=CC4N1C)N(C)CC3)OCO2. The molecular weight excluding hydrogens is 366 g/mol. The number of hydrogen-bond acceptors (Lipinski definition) is 6. The Balaban J connectivity index is 1.56. The number of rotatable bonds is 3. The van der Waals surface area contributed by atoms with Gasteiger partial charge in [0, 0.05) is 48.6 Å². The first-order valence-corrected chi connectivity index (χ1v) is 10.1. The van der Waals surface area contributed by atoms with E-state index in [0.29, 0.717) is 0 Å². The Hall–Kier alpha value is -2.86. The molecule has 2 atom stereocenters. The molecule has 0 aromatic heterocycles. The molecule has 0 amide bonds. The predicted octanol–water partition coefficient (Wildman–Crippen LogP) is 2.88. The molecular formula is C23H27N3O3. The van der Waals surface area contributed by atoms with Crippen LogP contribution >= 0.6 is 0 Å². The predicted molar refractivity (Wildman–Crippen MR) is 112 cm³/mol. The Kier molecular flexibility index (Phi) is 4.32. The summed E-state index contributed by atoms with van der Waals surface area (Å²) in [6.07, 6.45) is 12.4. The number of methoxy groups -OCH3 is 1. The lowest BCUT2D eigenvalue weighted by molar-refractivity contribution is 0.170. The van der Waals surface area contributed by atoms with Crippen LogP contribution in [0.1, 0.15) is 23.6 Å². The molecule has 152 valence electrons. The van der Waals surface area contributed by atoms with Crippen LogP contribution in [0.4, 0.5) is 0 Å². The van der Waals surface area contributed by atoms with Crippen molar-refractivity contribution in [2.24, 2.45) is 5.73 Å². The van der Waals surface area contributed by atoms with Crippen molar-refractivity contribution in [3.8, 4) is 17.2 Å². The number of nitrogens with two attached hydrogens (primary N) is 1. The third-order valence-electron chi connectivity index (χ3n) is 6.47. The zero-order valence-corrected chi connectivity index (χ0v) is 17.1. The molecule has 6 heteroatoms. The second kappa shape index (κ2) is 6.88. The molecule has 0 fully saturated rings. The van der Waals surface area contributed by atoms with E-state index in [-0.39, 0.29) is 18.9 Å². The summed E-state index contributed by atoms with van der Waals surface area (Å²) in [5.41, 5.74) is 12.1. The number of ether oxygens (including phenoxy) is 3. The second-order valence-corrected chi connectivity index (χ2v) is 8.01. The van der Waals surface area contributed by atoms with Crippen molar-refractivity contribution < 1.29 is 14.2 Å². The topological polar surface area (TPSA) is 60.2 Å². The van der Waals surface area contributed by atoms with Crippen molar-refractivity contribution in [2.45, 2.75) is 24.9 Å². The van der Waals surface area contributed by atoms with Crippen LogP contribution in [0.3, 0.4) is 0 Å². The minimum atomic E-state index is 0.175. The highest BCUT2D eigenvalue weighted by Crippen LogP contribution is 2.50. The van der Waals surface area contributed by atoms with Crippen molar-refractivity contribution in [1.29, 1.82) is 0 Å². The van der Waals surface area contributed by atoms with Crippen molar-refractivity contribution >= 4 is 0 Å². The van der Waals surface area contributed by atoms with E-state index in [1.54, 1.807) is 7.11 Å².